The number of fused-ring (bicyclic) bond motifs is 2. The summed E-state index contributed by atoms with van der Waals surface area (Å²) in [5.41, 5.74) is 3.80. The molecule has 2 aliphatic rings. The van der Waals surface area contributed by atoms with Crippen molar-refractivity contribution in [2.45, 2.75) is 92.1 Å². The molecular formula is C28H45NO2S. The molecule has 0 spiro atoms. The van der Waals surface area contributed by atoms with Crippen molar-refractivity contribution >= 4 is 17.3 Å². The number of unbranched alkanes of at least 4 members (excludes halogenated alkanes) is 2. The molecule has 3 nitrogen and oxygen atoms in total. The maximum atomic E-state index is 6.60. The molecule has 1 atom stereocenters. The van der Waals surface area contributed by atoms with Crippen LogP contribution in [0.25, 0.3) is 5.57 Å². The first kappa shape index (κ1) is 25.5. The zero-order valence-corrected chi connectivity index (χ0v) is 22.2. The highest BCUT2D eigenvalue weighted by atomic mass is 32.2. The number of hydrogen-bond donors (Lipinski definition) is 0. The Kier molecular flexibility index (Phi) is 9.43. The van der Waals surface area contributed by atoms with Crippen molar-refractivity contribution in [2.24, 2.45) is 5.92 Å². The van der Waals surface area contributed by atoms with Gasteiger partial charge in [0.1, 0.15) is 23.7 Å². The van der Waals surface area contributed by atoms with E-state index in [1.807, 2.05) is 11.8 Å². The van der Waals surface area contributed by atoms with Crippen molar-refractivity contribution in [3.63, 3.8) is 0 Å². The molecule has 0 saturated heterocycles. The lowest BCUT2D eigenvalue weighted by Gasteiger charge is -2.35. The van der Waals surface area contributed by atoms with Crippen LogP contribution in [0.3, 0.4) is 0 Å². The van der Waals surface area contributed by atoms with Crippen LogP contribution in [-0.2, 0) is 6.42 Å². The smallest absolute Gasteiger partial charge is 0.134 e. The quantitative estimate of drug-likeness (QED) is 0.283. The van der Waals surface area contributed by atoms with Crippen molar-refractivity contribution < 1.29 is 9.47 Å². The number of ether oxygens (including phenoxy) is 2. The lowest BCUT2D eigenvalue weighted by molar-refractivity contribution is 0.152. The van der Waals surface area contributed by atoms with E-state index < -0.39 is 0 Å². The lowest BCUT2D eigenvalue weighted by Crippen LogP contribution is -2.33. The lowest BCUT2D eigenvalue weighted by atomic mass is 9.90. The summed E-state index contributed by atoms with van der Waals surface area (Å²) in [6, 6.07) is 4.62. The Morgan fingerprint density at radius 2 is 1.91 bits per heavy atom. The second-order valence-corrected chi connectivity index (χ2v) is 11.1. The third kappa shape index (κ3) is 6.26. The molecule has 32 heavy (non-hydrogen) atoms. The van der Waals surface area contributed by atoms with E-state index in [2.05, 4.69) is 58.6 Å². The van der Waals surface area contributed by atoms with Crippen LogP contribution in [0.1, 0.15) is 91.2 Å². The van der Waals surface area contributed by atoms with Crippen molar-refractivity contribution in [1.82, 2.24) is 4.90 Å². The number of rotatable bonds is 13. The average Bonchev–Trinajstić information content (AvgIpc) is 3.26. The van der Waals surface area contributed by atoms with Crippen LogP contribution in [-0.4, -0.2) is 42.5 Å². The van der Waals surface area contributed by atoms with Gasteiger partial charge in [-0.25, -0.2) is 0 Å². The normalized spacial score (nSPS) is 17.8. The first-order valence-corrected chi connectivity index (χ1v) is 14.0. The van der Waals surface area contributed by atoms with Crippen molar-refractivity contribution in [3.05, 3.63) is 28.2 Å². The SMILES string of the molecule is CCCCCC(C)CCc1cc(OCCN(CC)CC)c2c(c1)OC(C)(C)C1=C2CCS1. The van der Waals surface area contributed by atoms with Crippen molar-refractivity contribution in [2.75, 3.05) is 32.0 Å². The summed E-state index contributed by atoms with van der Waals surface area (Å²) < 4.78 is 13.1. The van der Waals surface area contributed by atoms with E-state index in [1.165, 1.54) is 53.7 Å². The Morgan fingerprint density at radius 3 is 2.62 bits per heavy atom. The van der Waals surface area contributed by atoms with E-state index >= 15 is 0 Å². The summed E-state index contributed by atoms with van der Waals surface area (Å²) >= 11 is 1.96. The van der Waals surface area contributed by atoms with E-state index in [4.69, 9.17) is 9.47 Å². The van der Waals surface area contributed by atoms with Gasteiger partial charge in [-0.3, -0.25) is 0 Å². The first-order chi connectivity index (χ1) is 15.4. The molecule has 2 heterocycles. The molecule has 0 amide bonds. The third-order valence-corrected chi connectivity index (χ3v) is 8.43. The fourth-order valence-corrected chi connectivity index (χ4v) is 6.24. The van der Waals surface area contributed by atoms with Gasteiger partial charge in [0.25, 0.3) is 0 Å². The van der Waals surface area contributed by atoms with Crippen LogP contribution in [0, 0.1) is 5.92 Å². The molecule has 4 heteroatoms. The predicted octanol–water partition coefficient (Wildman–Crippen LogP) is 7.58. The maximum absolute atomic E-state index is 6.60. The van der Waals surface area contributed by atoms with E-state index in [0.29, 0.717) is 0 Å². The summed E-state index contributed by atoms with van der Waals surface area (Å²) in [5, 5.41) is 0. The van der Waals surface area contributed by atoms with Gasteiger partial charge in [0.2, 0.25) is 0 Å². The monoisotopic (exact) mass is 459 g/mol. The number of hydrogen-bond acceptors (Lipinski definition) is 4. The average molecular weight is 460 g/mol. The minimum atomic E-state index is -0.242. The van der Waals surface area contributed by atoms with Crippen molar-refractivity contribution in [1.29, 1.82) is 0 Å². The zero-order chi connectivity index (χ0) is 23.1. The number of allylic oxidation sites excluding steroid dienone is 1. The molecule has 2 aliphatic heterocycles. The summed E-state index contributed by atoms with van der Waals surface area (Å²) in [6.45, 7) is 17.4. The van der Waals surface area contributed by atoms with Gasteiger partial charge in [0.15, 0.2) is 0 Å². The maximum Gasteiger partial charge on any atom is 0.134 e. The summed E-state index contributed by atoms with van der Waals surface area (Å²) in [7, 11) is 0. The Hall–Kier alpha value is -1.13. The van der Waals surface area contributed by atoms with Crippen LogP contribution in [0.2, 0.25) is 0 Å². The van der Waals surface area contributed by atoms with E-state index in [0.717, 1.165) is 62.3 Å². The molecule has 180 valence electrons. The van der Waals surface area contributed by atoms with Gasteiger partial charge in [-0.15, -0.1) is 11.8 Å². The van der Waals surface area contributed by atoms with Gasteiger partial charge in [0, 0.05) is 17.2 Å². The Balaban J connectivity index is 1.81. The van der Waals surface area contributed by atoms with Gasteiger partial charge in [-0.1, -0.05) is 53.4 Å². The summed E-state index contributed by atoms with van der Waals surface area (Å²) in [6.07, 6.45) is 8.78. The number of nitrogens with zero attached hydrogens (tertiary/aromatic N) is 1. The van der Waals surface area contributed by atoms with Crippen LogP contribution in [0.15, 0.2) is 17.0 Å². The number of aryl methyl sites for hydroxylation is 1. The highest BCUT2D eigenvalue weighted by Crippen LogP contribution is 2.54. The Morgan fingerprint density at radius 1 is 1.12 bits per heavy atom. The third-order valence-electron chi connectivity index (χ3n) is 7.00. The van der Waals surface area contributed by atoms with Crippen LogP contribution < -0.4 is 9.47 Å². The van der Waals surface area contributed by atoms with E-state index in [9.17, 15) is 0 Å². The molecule has 0 bridgehead atoms. The molecule has 0 aromatic heterocycles. The Labute approximate surface area is 201 Å². The molecular weight excluding hydrogens is 414 g/mol. The zero-order valence-electron chi connectivity index (χ0n) is 21.4. The molecule has 1 aromatic rings. The number of thioether (sulfide) groups is 1. The molecule has 1 unspecified atom stereocenters. The molecule has 1 aromatic carbocycles. The minimum Gasteiger partial charge on any atom is -0.491 e. The summed E-state index contributed by atoms with van der Waals surface area (Å²) in [4.78, 5) is 3.82. The molecule has 0 fully saturated rings. The van der Waals surface area contributed by atoms with Gasteiger partial charge in [0.05, 0.1) is 5.56 Å². The second-order valence-electron chi connectivity index (χ2n) is 10.0. The first-order valence-electron chi connectivity index (χ1n) is 13.0. The number of likely N-dealkylation sites (N-methyl/N-ethyl adjacent to an activating group) is 1. The standard InChI is InChI=1S/C28H45NO2S/c1-7-10-11-12-21(4)13-14-22-19-24(30-17-16-29(8-2)9-3)26-23-15-18-32-27(23)28(5,6)31-25(26)20-22/h19-21H,7-18H2,1-6H3. The largest absolute Gasteiger partial charge is 0.491 e. The molecule has 0 N–H and O–H groups in total. The highest BCUT2D eigenvalue weighted by Gasteiger charge is 2.39. The Bertz CT molecular complexity index is 782. The van der Waals surface area contributed by atoms with Crippen LogP contribution in [0.5, 0.6) is 11.5 Å². The molecule has 3 rings (SSSR count). The molecule has 0 radical (unpaired) electrons. The van der Waals surface area contributed by atoms with Gasteiger partial charge >= 0.3 is 0 Å². The summed E-state index contributed by atoms with van der Waals surface area (Å²) in [5.74, 6) is 3.98. The topological polar surface area (TPSA) is 21.7 Å². The highest BCUT2D eigenvalue weighted by molar-refractivity contribution is 8.03. The van der Waals surface area contributed by atoms with Crippen molar-refractivity contribution in [3.8, 4) is 11.5 Å². The van der Waals surface area contributed by atoms with Gasteiger partial charge in [-0.05, 0) is 75.4 Å². The van der Waals surface area contributed by atoms with Crippen LogP contribution >= 0.6 is 11.8 Å². The van der Waals surface area contributed by atoms with E-state index in [1.54, 1.807) is 0 Å². The van der Waals surface area contributed by atoms with E-state index in [-0.39, 0.29) is 5.60 Å². The molecule has 0 aliphatic carbocycles. The second kappa shape index (κ2) is 11.8. The van der Waals surface area contributed by atoms with Crippen LogP contribution in [0.4, 0.5) is 0 Å². The predicted molar refractivity (Wildman–Crippen MR) is 140 cm³/mol. The fraction of sp³-hybridized carbons (Fsp3) is 0.714. The van der Waals surface area contributed by atoms with Gasteiger partial charge in [-0.2, -0.15) is 0 Å². The number of benzene rings is 1. The fourth-order valence-electron chi connectivity index (χ4n) is 4.96. The minimum absolute atomic E-state index is 0.242. The van der Waals surface area contributed by atoms with Gasteiger partial charge < -0.3 is 14.4 Å². The molecule has 0 saturated carbocycles.